The van der Waals surface area contributed by atoms with Gasteiger partial charge in [-0.05, 0) is 63.1 Å². The van der Waals surface area contributed by atoms with Crippen molar-refractivity contribution in [1.82, 2.24) is 0 Å². The minimum atomic E-state index is -0.289. The van der Waals surface area contributed by atoms with Gasteiger partial charge in [0.15, 0.2) is 0 Å². The predicted molar refractivity (Wildman–Crippen MR) is 89.0 cm³/mol. The van der Waals surface area contributed by atoms with E-state index in [2.05, 4.69) is 68.5 Å². The number of halogens is 1. The van der Waals surface area contributed by atoms with Gasteiger partial charge in [-0.1, -0.05) is 18.2 Å². The second kappa shape index (κ2) is 5.11. The molecule has 3 aliphatic rings. The van der Waals surface area contributed by atoms with E-state index in [9.17, 15) is 0 Å². The quantitative estimate of drug-likeness (QED) is 0.543. The molecule has 20 heavy (non-hydrogen) atoms. The SMILES string of the molecule is CC1(C)OB(C2C=CC=C(I)C2OC2CC2)OC1(C)C. The minimum Gasteiger partial charge on any atom is -0.403 e. The molecule has 1 saturated heterocycles. The van der Waals surface area contributed by atoms with Gasteiger partial charge in [-0.15, -0.1) is 0 Å². The third-order valence-electron chi connectivity index (χ3n) is 4.66. The average molecular weight is 388 g/mol. The van der Waals surface area contributed by atoms with Gasteiger partial charge < -0.3 is 14.0 Å². The molecule has 3 nitrogen and oxygen atoms in total. The topological polar surface area (TPSA) is 27.7 Å². The lowest BCUT2D eigenvalue weighted by atomic mass is 9.67. The lowest BCUT2D eigenvalue weighted by molar-refractivity contribution is 0.00578. The normalized spacial score (nSPS) is 35.2. The first kappa shape index (κ1) is 15.1. The molecule has 0 spiro atoms. The van der Waals surface area contributed by atoms with Crippen LogP contribution in [0.2, 0.25) is 5.82 Å². The van der Waals surface area contributed by atoms with Gasteiger partial charge in [0.25, 0.3) is 0 Å². The van der Waals surface area contributed by atoms with Crippen molar-refractivity contribution in [3.8, 4) is 0 Å². The monoisotopic (exact) mass is 388 g/mol. The average Bonchev–Trinajstić information content (AvgIpc) is 3.10. The van der Waals surface area contributed by atoms with Gasteiger partial charge in [-0.3, -0.25) is 0 Å². The first-order chi connectivity index (χ1) is 9.30. The Kier molecular flexibility index (Phi) is 3.85. The van der Waals surface area contributed by atoms with Crippen LogP contribution in [0.25, 0.3) is 0 Å². The highest BCUT2D eigenvalue weighted by molar-refractivity contribution is 14.1. The highest BCUT2D eigenvalue weighted by Gasteiger charge is 2.55. The van der Waals surface area contributed by atoms with E-state index < -0.39 is 0 Å². The molecular weight excluding hydrogens is 366 g/mol. The molecule has 0 aromatic carbocycles. The van der Waals surface area contributed by atoms with Crippen LogP contribution >= 0.6 is 22.6 Å². The van der Waals surface area contributed by atoms with Crippen molar-refractivity contribution in [2.24, 2.45) is 0 Å². The fourth-order valence-corrected chi connectivity index (χ4v) is 3.27. The van der Waals surface area contributed by atoms with Crippen molar-refractivity contribution in [1.29, 1.82) is 0 Å². The Hall–Kier alpha value is 0.155. The summed E-state index contributed by atoms with van der Waals surface area (Å²) >= 11 is 2.37. The summed E-state index contributed by atoms with van der Waals surface area (Å²) in [5.41, 5.74) is -0.579. The highest BCUT2D eigenvalue weighted by atomic mass is 127. The highest BCUT2D eigenvalue weighted by Crippen LogP contribution is 2.45. The van der Waals surface area contributed by atoms with E-state index in [1.165, 1.54) is 16.4 Å². The van der Waals surface area contributed by atoms with Crippen LogP contribution in [-0.2, 0) is 14.0 Å². The van der Waals surface area contributed by atoms with Crippen molar-refractivity contribution < 1.29 is 14.0 Å². The fourth-order valence-electron chi connectivity index (χ4n) is 2.50. The zero-order valence-electron chi connectivity index (χ0n) is 12.6. The summed E-state index contributed by atoms with van der Waals surface area (Å²) in [6.07, 6.45) is 9.23. The molecule has 0 amide bonds. The van der Waals surface area contributed by atoms with Gasteiger partial charge in [0.05, 0.1) is 23.4 Å². The van der Waals surface area contributed by atoms with Gasteiger partial charge in [-0.25, -0.2) is 0 Å². The number of rotatable bonds is 3. The zero-order valence-corrected chi connectivity index (χ0v) is 14.7. The Labute approximate surface area is 135 Å². The molecule has 5 heteroatoms. The van der Waals surface area contributed by atoms with Crippen molar-refractivity contribution >= 4 is 29.7 Å². The molecule has 0 aromatic heterocycles. The summed E-state index contributed by atoms with van der Waals surface area (Å²) < 4.78 is 19.8. The summed E-state index contributed by atoms with van der Waals surface area (Å²) in [6, 6.07) is 0. The van der Waals surface area contributed by atoms with Crippen molar-refractivity contribution in [2.45, 2.75) is 69.8 Å². The number of hydrogen-bond donors (Lipinski definition) is 0. The van der Waals surface area contributed by atoms with Crippen LogP contribution in [0.4, 0.5) is 0 Å². The van der Waals surface area contributed by atoms with Gasteiger partial charge >= 0.3 is 7.12 Å². The molecule has 1 aliphatic heterocycles. The molecule has 0 bridgehead atoms. The first-order valence-corrected chi connectivity index (χ1v) is 8.43. The van der Waals surface area contributed by atoms with Crippen LogP contribution in [0.5, 0.6) is 0 Å². The van der Waals surface area contributed by atoms with E-state index in [1.54, 1.807) is 0 Å². The summed E-state index contributed by atoms with van der Waals surface area (Å²) in [4.78, 5) is 0. The van der Waals surface area contributed by atoms with E-state index in [1.807, 2.05) is 0 Å². The molecule has 1 heterocycles. The van der Waals surface area contributed by atoms with Crippen molar-refractivity contribution in [2.75, 3.05) is 0 Å². The number of allylic oxidation sites excluding steroid dienone is 2. The number of hydrogen-bond acceptors (Lipinski definition) is 3. The molecule has 2 unspecified atom stereocenters. The Balaban J connectivity index is 1.78. The molecule has 3 rings (SSSR count). The maximum absolute atomic E-state index is 6.20. The lowest BCUT2D eigenvalue weighted by Gasteiger charge is -2.32. The standard InChI is InChI=1S/C15H22BIO3/c1-14(2)15(3,4)20-16(19-14)11-6-5-7-12(17)13(11)18-10-8-9-10/h5-7,10-11,13H,8-9H2,1-4H3. The molecule has 0 N–H and O–H groups in total. The molecule has 2 fully saturated rings. The van der Waals surface area contributed by atoms with Crippen LogP contribution in [0.15, 0.2) is 21.8 Å². The summed E-state index contributed by atoms with van der Waals surface area (Å²) in [6.45, 7) is 8.38. The van der Waals surface area contributed by atoms with Gasteiger partial charge in [-0.2, -0.15) is 0 Å². The Morgan fingerprint density at radius 3 is 2.35 bits per heavy atom. The molecule has 0 aromatic rings. The molecule has 2 aliphatic carbocycles. The van der Waals surface area contributed by atoms with Crippen LogP contribution in [-0.4, -0.2) is 30.5 Å². The largest absolute Gasteiger partial charge is 0.468 e. The van der Waals surface area contributed by atoms with E-state index in [4.69, 9.17) is 14.0 Å². The second-order valence-corrected chi connectivity index (χ2v) is 8.14. The van der Waals surface area contributed by atoms with Crippen LogP contribution in [0.3, 0.4) is 0 Å². The molecule has 1 saturated carbocycles. The van der Waals surface area contributed by atoms with E-state index in [0.29, 0.717) is 6.10 Å². The Morgan fingerprint density at radius 2 is 1.80 bits per heavy atom. The molecule has 2 atom stereocenters. The summed E-state index contributed by atoms with van der Waals surface area (Å²) in [5, 5.41) is 0. The van der Waals surface area contributed by atoms with Crippen LogP contribution in [0, 0.1) is 0 Å². The van der Waals surface area contributed by atoms with Crippen molar-refractivity contribution in [3.63, 3.8) is 0 Å². The van der Waals surface area contributed by atoms with E-state index in [-0.39, 0.29) is 30.2 Å². The van der Waals surface area contributed by atoms with Gasteiger partial charge in [0.2, 0.25) is 0 Å². The zero-order chi connectivity index (χ0) is 14.5. The lowest BCUT2D eigenvalue weighted by Crippen LogP contribution is -2.41. The van der Waals surface area contributed by atoms with Gasteiger partial charge in [0, 0.05) is 9.40 Å². The second-order valence-electron chi connectivity index (χ2n) is 6.89. The smallest absolute Gasteiger partial charge is 0.403 e. The third-order valence-corrected chi connectivity index (χ3v) is 5.63. The third kappa shape index (κ3) is 2.74. The van der Waals surface area contributed by atoms with Gasteiger partial charge in [0.1, 0.15) is 0 Å². The van der Waals surface area contributed by atoms with E-state index in [0.717, 1.165) is 0 Å². The maximum atomic E-state index is 6.20. The molecule has 110 valence electrons. The first-order valence-electron chi connectivity index (χ1n) is 7.35. The minimum absolute atomic E-state index is 0.0720. The van der Waals surface area contributed by atoms with Crippen molar-refractivity contribution in [3.05, 3.63) is 21.8 Å². The Morgan fingerprint density at radius 1 is 1.20 bits per heavy atom. The van der Waals surface area contributed by atoms with Crippen LogP contribution < -0.4 is 0 Å². The maximum Gasteiger partial charge on any atom is 0.468 e. The van der Waals surface area contributed by atoms with Crippen LogP contribution in [0.1, 0.15) is 40.5 Å². The number of ether oxygens (including phenoxy) is 1. The molecular formula is C15H22BIO3. The van der Waals surface area contributed by atoms with E-state index >= 15 is 0 Å². The summed E-state index contributed by atoms with van der Waals surface area (Å²) in [7, 11) is -0.238. The summed E-state index contributed by atoms with van der Waals surface area (Å²) in [5.74, 6) is 0.133. The predicted octanol–water partition coefficient (Wildman–Crippen LogP) is 3.89. The fraction of sp³-hybridized carbons (Fsp3) is 0.733. The molecule has 0 radical (unpaired) electrons. The Bertz CT molecular complexity index is 438.